The number of rotatable bonds is 0. The molecule has 0 radical (unpaired) electrons. The van der Waals surface area contributed by atoms with E-state index >= 15 is 0 Å². The van der Waals surface area contributed by atoms with Crippen LogP contribution < -0.4 is 0 Å². The molecule has 0 bridgehead atoms. The van der Waals surface area contributed by atoms with Gasteiger partial charge in [-0.25, -0.2) is 0 Å². The zero-order chi connectivity index (χ0) is 9.38. The maximum atomic E-state index is 4.31. The number of hydrogen-bond acceptors (Lipinski definition) is 3. The standard InChI is InChI=1S/C11H7N3/c1-2-4-9-8(3-1)7-12-10-5-6-13-14-11(9)10/h1-7H. The van der Waals surface area contributed by atoms with Crippen LogP contribution in [-0.4, -0.2) is 15.2 Å². The second-order valence-electron chi connectivity index (χ2n) is 3.11. The van der Waals surface area contributed by atoms with Gasteiger partial charge in [0.05, 0.1) is 11.7 Å². The van der Waals surface area contributed by atoms with Crippen LogP contribution in [0.15, 0.2) is 42.7 Å². The average Bonchev–Trinajstić information content (AvgIpc) is 2.29. The molecule has 0 spiro atoms. The van der Waals surface area contributed by atoms with E-state index < -0.39 is 0 Å². The number of aromatic nitrogens is 3. The molecule has 0 aliphatic heterocycles. The lowest BCUT2D eigenvalue weighted by molar-refractivity contribution is 1.07. The van der Waals surface area contributed by atoms with Gasteiger partial charge in [-0.15, -0.1) is 5.10 Å². The van der Waals surface area contributed by atoms with Crippen molar-refractivity contribution in [3.8, 4) is 0 Å². The van der Waals surface area contributed by atoms with Crippen molar-refractivity contribution in [1.29, 1.82) is 0 Å². The van der Waals surface area contributed by atoms with Gasteiger partial charge in [-0.2, -0.15) is 5.10 Å². The summed E-state index contributed by atoms with van der Waals surface area (Å²) < 4.78 is 0. The molecule has 3 aromatic rings. The molecular weight excluding hydrogens is 174 g/mol. The van der Waals surface area contributed by atoms with E-state index in [9.17, 15) is 0 Å². The van der Waals surface area contributed by atoms with Crippen LogP contribution in [0.4, 0.5) is 0 Å². The summed E-state index contributed by atoms with van der Waals surface area (Å²) in [6, 6.07) is 9.92. The monoisotopic (exact) mass is 181 g/mol. The van der Waals surface area contributed by atoms with Gasteiger partial charge in [0, 0.05) is 17.0 Å². The van der Waals surface area contributed by atoms with E-state index in [1.807, 2.05) is 36.5 Å². The first-order valence-electron chi connectivity index (χ1n) is 4.40. The molecule has 2 heterocycles. The highest BCUT2D eigenvalue weighted by Gasteiger charge is 2.00. The van der Waals surface area contributed by atoms with Gasteiger partial charge in [-0.3, -0.25) is 4.98 Å². The smallest absolute Gasteiger partial charge is 0.119 e. The van der Waals surface area contributed by atoms with Crippen LogP contribution in [0.1, 0.15) is 0 Å². The third-order valence-electron chi connectivity index (χ3n) is 2.26. The highest BCUT2D eigenvalue weighted by Crippen LogP contribution is 2.19. The first kappa shape index (κ1) is 7.38. The molecule has 1 aromatic carbocycles. The Bertz CT molecular complexity index is 550. The Morgan fingerprint density at radius 1 is 1.00 bits per heavy atom. The topological polar surface area (TPSA) is 38.7 Å². The van der Waals surface area contributed by atoms with E-state index in [1.165, 1.54) is 0 Å². The van der Waals surface area contributed by atoms with Crippen molar-refractivity contribution >= 4 is 21.8 Å². The molecule has 0 atom stereocenters. The third kappa shape index (κ3) is 0.956. The Labute approximate surface area is 80.4 Å². The molecule has 3 rings (SSSR count). The fourth-order valence-corrected chi connectivity index (χ4v) is 1.59. The summed E-state index contributed by atoms with van der Waals surface area (Å²) in [6.07, 6.45) is 3.52. The molecule has 0 unspecified atom stereocenters. The van der Waals surface area contributed by atoms with Crippen LogP contribution in [0, 0.1) is 0 Å². The second-order valence-corrected chi connectivity index (χ2v) is 3.11. The fourth-order valence-electron chi connectivity index (χ4n) is 1.59. The van der Waals surface area contributed by atoms with Crippen LogP contribution in [0.2, 0.25) is 0 Å². The van der Waals surface area contributed by atoms with Crippen LogP contribution >= 0.6 is 0 Å². The third-order valence-corrected chi connectivity index (χ3v) is 2.26. The highest BCUT2D eigenvalue weighted by atomic mass is 15.1. The van der Waals surface area contributed by atoms with Crippen molar-refractivity contribution in [2.24, 2.45) is 0 Å². The quantitative estimate of drug-likeness (QED) is 0.499. The Morgan fingerprint density at radius 3 is 2.93 bits per heavy atom. The molecule has 0 fully saturated rings. The van der Waals surface area contributed by atoms with Gasteiger partial charge < -0.3 is 0 Å². The molecule has 0 aliphatic carbocycles. The Hall–Kier alpha value is -2.03. The van der Waals surface area contributed by atoms with E-state index in [2.05, 4.69) is 15.2 Å². The lowest BCUT2D eigenvalue weighted by Crippen LogP contribution is -1.86. The van der Waals surface area contributed by atoms with E-state index in [4.69, 9.17) is 0 Å². The fraction of sp³-hybridized carbons (Fsp3) is 0. The molecule has 66 valence electrons. The van der Waals surface area contributed by atoms with E-state index in [1.54, 1.807) is 6.20 Å². The van der Waals surface area contributed by atoms with E-state index in [0.29, 0.717) is 0 Å². The molecule has 3 nitrogen and oxygen atoms in total. The summed E-state index contributed by atoms with van der Waals surface area (Å²) in [5.41, 5.74) is 1.75. The molecule has 0 amide bonds. The number of nitrogens with zero attached hydrogens (tertiary/aromatic N) is 3. The molecule has 0 aliphatic rings. The minimum absolute atomic E-state index is 0.866. The molecule has 3 heteroatoms. The minimum Gasteiger partial charge on any atom is -0.254 e. The largest absolute Gasteiger partial charge is 0.254 e. The summed E-state index contributed by atoms with van der Waals surface area (Å²) >= 11 is 0. The highest BCUT2D eigenvalue weighted by molar-refractivity contribution is 6.02. The summed E-state index contributed by atoms with van der Waals surface area (Å²) in [4.78, 5) is 4.31. The summed E-state index contributed by atoms with van der Waals surface area (Å²) in [7, 11) is 0. The Kier molecular flexibility index (Phi) is 1.44. The second kappa shape index (κ2) is 2.73. The van der Waals surface area contributed by atoms with Gasteiger partial charge in [0.2, 0.25) is 0 Å². The Balaban J connectivity index is 2.61. The van der Waals surface area contributed by atoms with Crippen LogP contribution in [-0.2, 0) is 0 Å². The van der Waals surface area contributed by atoms with Gasteiger partial charge >= 0.3 is 0 Å². The van der Waals surface area contributed by atoms with E-state index in [-0.39, 0.29) is 0 Å². The van der Waals surface area contributed by atoms with Crippen molar-refractivity contribution in [2.45, 2.75) is 0 Å². The van der Waals surface area contributed by atoms with Crippen molar-refractivity contribution in [1.82, 2.24) is 15.2 Å². The van der Waals surface area contributed by atoms with Crippen molar-refractivity contribution in [2.75, 3.05) is 0 Å². The van der Waals surface area contributed by atoms with Crippen molar-refractivity contribution < 1.29 is 0 Å². The SMILES string of the molecule is c1ccc2c(c1)cnc1ccnnc12. The predicted octanol–water partition coefficient (Wildman–Crippen LogP) is 2.18. The summed E-state index contributed by atoms with van der Waals surface area (Å²) in [5, 5.41) is 10.2. The lowest BCUT2D eigenvalue weighted by Gasteiger charge is -1.99. The Morgan fingerprint density at radius 2 is 1.93 bits per heavy atom. The molecular formula is C11H7N3. The molecule has 0 N–H and O–H groups in total. The van der Waals surface area contributed by atoms with Gasteiger partial charge in [0.25, 0.3) is 0 Å². The van der Waals surface area contributed by atoms with Gasteiger partial charge in [-0.05, 0) is 6.07 Å². The molecule has 0 saturated heterocycles. The molecule has 2 aromatic heterocycles. The first-order chi connectivity index (χ1) is 6.95. The number of hydrogen-bond donors (Lipinski definition) is 0. The number of fused-ring (bicyclic) bond motifs is 3. The zero-order valence-corrected chi connectivity index (χ0v) is 7.38. The van der Waals surface area contributed by atoms with Crippen LogP contribution in [0.5, 0.6) is 0 Å². The number of benzene rings is 1. The van der Waals surface area contributed by atoms with Gasteiger partial charge in [0.1, 0.15) is 5.52 Å². The van der Waals surface area contributed by atoms with Crippen LogP contribution in [0.25, 0.3) is 21.8 Å². The van der Waals surface area contributed by atoms with Crippen molar-refractivity contribution in [3.05, 3.63) is 42.7 Å². The maximum absolute atomic E-state index is 4.31. The van der Waals surface area contributed by atoms with Crippen molar-refractivity contribution in [3.63, 3.8) is 0 Å². The molecule has 14 heavy (non-hydrogen) atoms. The summed E-state index contributed by atoms with van der Waals surface area (Å²) in [6.45, 7) is 0. The average molecular weight is 181 g/mol. The van der Waals surface area contributed by atoms with E-state index in [0.717, 1.165) is 21.8 Å². The predicted molar refractivity (Wildman–Crippen MR) is 54.8 cm³/mol. The van der Waals surface area contributed by atoms with Gasteiger partial charge in [0.15, 0.2) is 0 Å². The summed E-state index contributed by atoms with van der Waals surface area (Å²) in [5.74, 6) is 0. The minimum atomic E-state index is 0.866. The van der Waals surface area contributed by atoms with Gasteiger partial charge in [-0.1, -0.05) is 24.3 Å². The van der Waals surface area contributed by atoms with Crippen LogP contribution in [0.3, 0.4) is 0 Å². The maximum Gasteiger partial charge on any atom is 0.119 e. The zero-order valence-electron chi connectivity index (χ0n) is 7.38. The first-order valence-corrected chi connectivity index (χ1v) is 4.40. The lowest BCUT2D eigenvalue weighted by atomic mass is 10.1. The normalized spacial score (nSPS) is 10.9. The number of pyridine rings is 1. The molecule has 0 saturated carbocycles.